The van der Waals surface area contributed by atoms with Gasteiger partial charge in [-0.15, -0.1) is 0 Å². The zero-order chi connectivity index (χ0) is 22.9. The van der Waals surface area contributed by atoms with E-state index in [1.165, 1.54) is 31.7 Å². The van der Waals surface area contributed by atoms with Gasteiger partial charge in [-0.1, -0.05) is 23.4 Å². The molecule has 0 amide bonds. The Labute approximate surface area is 188 Å². The van der Waals surface area contributed by atoms with Crippen LogP contribution in [-0.2, 0) is 10.1 Å². The third kappa shape index (κ3) is 4.28. The van der Waals surface area contributed by atoms with E-state index >= 15 is 4.39 Å². The average molecular weight is 475 g/mol. The molecule has 2 aromatic heterocycles. The van der Waals surface area contributed by atoms with Crippen LogP contribution in [0.25, 0.3) is 11.0 Å². The molecule has 2 aromatic carbocycles. The highest BCUT2D eigenvalue weighted by molar-refractivity contribution is 8.03. The Hall–Kier alpha value is -3.48. The number of pyridine rings is 1. The number of nitrogens with one attached hydrogen (secondary N) is 2. The lowest BCUT2D eigenvalue weighted by Gasteiger charge is -2.24. The number of anilines is 1. The molecule has 0 atom stereocenters. The van der Waals surface area contributed by atoms with Crippen LogP contribution < -0.4 is 9.46 Å². The Morgan fingerprint density at radius 3 is 2.75 bits per heavy atom. The van der Waals surface area contributed by atoms with Gasteiger partial charge in [0.25, 0.3) is 0 Å². The highest BCUT2D eigenvalue weighted by atomic mass is 35.5. The maximum Gasteiger partial charge on any atom is 0.165 e. The number of hydrogen-bond donors (Lipinski definition) is 3. The van der Waals surface area contributed by atoms with Crippen molar-refractivity contribution < 1.29 is 17.7 Å². The van der Waals surface area contributed by atoms with Gasteiger partial charge in [0.05, 0.1) is 29.5 Å². The van der Waals surface area contributed by atoms with Crippen molar-refractivity contribution in [1.82, 2.24) is 15.2 Å². The van der Waals surface area contributed by atoms with E-state index < -0.39 is 27.3 Å². The molecule has 0 saturated carbocycles. The van der Waals surface area contributed by atoms with Gasteiger partial charge in [-0.25, -0.2) is 13.8 Å². The quantitative estimate of drug-likeness (QED) is 0.304. The smallest absolute Gasteiger partial charge is 0.165 e. The van der Waals surface area contributed by atoms with Gasteiger partial charge in [0.1, 0.15) is 11.6 Å². The van der Waals surface area contributed by atoms with Crippen LogP contribution in [0.1, 0.15) is 11.1 Å². The number of aromatic amines is 1. The number of fused-ring (bicyclic) bond motifs is 1. The lowest BCUT2D eigenvalue weighted by atomic mass is 10.1. The third-order valence-electron chi connectivity index (χ3n) is 4.65. The Morgan fingerprint density at radius 1 is 1.16 bits per heavy atom. The summed E-state index contributed by atoms with van der Waals surface area (Å²) >= 11 is 6.03. The Bertz CT molecular complexity index is 1450. The van der Waals surface area contributed by atoms with E-state index in [0.29, 0.717) is 22.0 Å². The lowest BCUT2D eigenvalue weighted by Crippen LogP contribution is -2.22. The normalized spacial score (nSPS) is 11.7. The second kappa shape index (κ2) is 8.57. The molecule has 4 aromatic rings. The predicted molar refractivity (Wildman–Crippen MR) is 122 cm³/mol. The van der Waals surface area contributed by atoms with Crippen LogP contribution in [0.4, 0.5) is 14.5 Å². The molecule has 0 fully saturated rings. The molecule has 0 bridgehead atoms. The fourth-order valence-electron chi connectivity index (χ4n) is 3.08. The van der Waals surface area contributed by atoms with Crippen LogP contribution in [0.5, 0.6) is 5.75 Å². The number of aromatic nitrogens is 3. The Balaban J connectivity index is 1.70. The van der Waals surface area contributed by atoms with Crippen molar-refractivity contribution in [2.24, 2.45) is 0 Å². The summed E-state index contributed by atoms with van der Waals surface area (Å²) in [6.45, 7) is 0. The molecular weight excluding hydrogens is 458 g/mol. The molecule has 0 unspecified atom stereocenters. The zero-order valence-corrected chi connectivity index (χ0v) is 18.6. The number of methoxy groups -OCH3 is 1. The van der Waals surface area contributed by atoms with E-state index in [2.05, 4.69) is 31.7 Å². The van der Waals surface area contributed by atoms with E-state index in [9.17, 15) is 8.60 Å². The molecule has 0 spiro atoms. The first-order valence-corrected chi connectivity index (χ1v) is 11.8. The van der Waals surface area contributed by atoms with E-state index in [0.717, 1.165) is 11.5 Å². The van der Waals surface area contributed by atoms with Crippen molar-refractivity contribution in [2.45, 2.75) is 4.90 Å². The minimum atomic E-state index is -3.40. The van der Waals surface area contributed by atoms with Gasteiger partial charge in [0, 0.05) is 28.4 Å². The summed E-state index contributed by atoms with van der Waals surface area (Å²) in [5.41, 5.74) is 0.419. The molecule has 164 valence electrons. The van der Waals surface area contributed by atoms with Crippen molar-refractivity contribution in [3.05, 3.63) is 76.6 Å². The van der Waals surface area contributed by atoms with Crippen molar-refractivity contribution in [1.29, 1.82) is 0 Å². The second-order valence-electron chi connectivity index (χ2n) is 6.92. The minimum Gasteiger partial charge on any atom is -0.495 e. The summed E-state index contributed by atoms with van der Waals surface area (Å²) in [4.78, 5) is 4.42. The summed E-state index contributed by atoms with van der Waals surface area (Å²) in [5, 5.41) is 7.65. The largest absolute Gasteiger partial charge is 0.495 e. The first-order valence-electron chi connectivity index (χ1n) is 9.27. The minimum absolute atomic E-state index is 0.160. The van der Waals surface area contributed by atoms with Gasteiger partial charge in [-0.2, -0.15) is 5.10 Å². The standard InChI is InChI=1S/C22H17ClF2N4O2S/c1-31-19-8-4-15(23)10-20(19)32(2,30)29-18-7-6-17(24)16(21(18)25)5-3-13-9-14-12-27-28-22(14)26-11-13/h4,6-12,32H,1-2H3,(H,29,30)(H,26,27,28). The molecule has 0 aliphatic carbocycles. The highest BCUT2D eigenvalue weighted by Crippen LogP contribution is 2.33. The number of H-pyrrole nitrogens is 1. The first-order chi connectivity index (χ1) is 15.3. The molecule has 0 aliphatic rings. The number of benzene rings is 2. The van der Waals surface area contributed by atoms with E-state index in [4.69, 9.17) is 16.3 Å². The average Bonchev–Trinajstić information content (AvgIpc) is 3.23. The van der Waals surface area contributed by atoms with Crippen LogP contribution in [-0.4, -0.2) is 32.8 Å². The SMILES string of the molecule is COc1ccc(Cl)cc1[SH](C)(=O)Nc1ccc(F)c(C#Cc2cnc3[nH]ncc3c2)c1F. The maximum absolute atomic E-state index is 15.1. The van der Waals surface area contributed by atoms with Crippen LogP contribution in [0.3, 0.4) is 0 Å². The second-order valence-corrected chi connectivity index (χ2v) is 9.91. The molecule has 2 heterocycles. The zero-order valence-electron chi connectivity index (χ0n) is 16.9. The monoisotopic (exact) mass is 474 g/mol. The molecule has 10 heteroatoms. The molecule has 6 nitrogen and oxygen atoms in total. The van der Waals surface area contributed by atoms with Gasteiger partial charge in [-0.3, -0.25) is 9.31 Å². The molecule has 4 rings (SSSR count). The topological polar surface area (TPSA) is 79.9 Å². The van der Waals surface area contributed by atoms with Gasteiger partial charge >= 0.3 is 0 Å². The van der Waals surface area contributed by atoms with Crippen molar-refractivity contribution in [3.63, 3.8) is 0 Å². The van der Waals surface area contributed by atoms with Crippen molar-refractivity contribution in [3.8, 4) is 17.6 Å². The number of thiol groups is 1. The van der Waals surface area contributed by atoms with Crippen molar-refractivity contribution >= 4 is 38.4 Å². The van der Waals surface area contributed by atoms with E-state index in [1.54, 1.807) is 24.4 Å². The Kier molecular flexibility index (Phi) is 5.82. The Morgan fingerprint density at radius 2 is 1.97 bits per heavy atom. The van der Waals surface area contributed by atoms with Crippen LogP contribution >= 0.6 is 11.6 Å². The van der Waals surface area contributed by atoms with Gasteiger partial charge < -0.3 is 9.46 Å². The number of nitrogens with zero attached hydrogens (tertiary/aromatic N) is 2. The fourth-order valence-corrected chi connectivity index (χ4v) is 5.05. The molecule has 32 heavy (non-hydrogen) atoms. The predicted octanol–water partition coefficient (Wildman–Crippen LogP) is 4.33. The van der Waals surface area contributed by atoms with Gasteiger partial charge in [0.15, 0.2) is 11.5 Å². The van der Waals surface area contributed by atoms with Crippen LogP contribution in [0.15, 0.2) is 53.7 Å². The summed E-state index contributed by atoms with van der Waals surface area (Å²) in [7, 11) is -1.97. The van der Waals surface area contributed by atoms with Crippen LogP contribution in [0, 0.1) is 23.5 Å². The van der Waals surface area contributed by atoms with E-state index in [1.807, 2.05) is 0 Å². The van der Waals surface area contributed by atoms with Crippen molar-refractivity contribution in [2.75, 3.05) is 18.1 Å². The summed E-state index contributed by atoms with van der Waals surface area (Å²) in [5.74, 6) is 3.74. The molecule has 0 radical (unpaired) electrons. The molecule has 2 N–H and O–H groups in total. The van der Waals surface area contributed by atoms with E-state index in [-0.39, 0.29) is 10.6 Å². The fraction of sp³-hybridized carbons (Fsp3) is 0.0909. The van der Waals surface area contributed by atoms with Crippen LogP contribution in [0.2, 0.25) is 5.02 Å². The molecule has 0 aliphatic heterocycles. The molecular formula is C22H17ClF2N4O2S. The number of hydrogen-bond acceptors (Lipinski definition) is 4. The van der Waals surface area contributed by atoms with Gasteiger partial charge in [0.2, 0.25) is 0 Å². The maximum atomic E-state index is 15.1. The summed E-state index contributed by atoms with van der Waals surface area (Å²) in [6.07, 6.45) is 4.44. The first kappa shape index (κ1) is 21.7. The number of rotatable bonds is 4. The third-order valence-corrected chi connectivity index (χ3v) is 6.82. The summed E-state index contributed by atoms with van der Waals surface area (Å²) < 4.78 is 50.8. The lowest BCUT2D eigenvalue weighted by molar-refractivity contribution is 0.404. The van der Waals surface area contributed by atoms with Gasteiger partial charge in [-0.05, 0) is 46.5 Å². The summed E-state index contributed by atoms with van der Waals surface area (Å²) in [6, 6.07) is 8.56. The highest BCUT2D eigenvalue weighted by Gasteiger charge is 2.21. The molecule has 0 saturated heterocycles. The number of ether oxygens (including phenoxy) is 1. The number of halogens is 3.